The van der Waals surface area contributed by atoms with Crippen molar-refractivity contribution in [1.82, 2.24) is 4.90 Å². The summed E-state index contributed by atoms with van der Waals surface area (Å²) >= 11 is 24.3. The van der Waals surface area contributed by atoms with Crippen molar-refractivity contribution in [3.63, 3.8) is 0 Å². The quantitative estimate of drug-likeness (QED) is 0.288. The van der Waals surface area contributed by atoms with Gasteiger partial charge < -0.3 is 9.64 Å². The summed E-state index contributed by atoms with van der Waals surface area (Å²) in [5.74, 6) is -0.811. The molecule has 0 bridgehead atoms. The fourth-order valence-corrected chi connectivity index (χ4v) is 4.96. The van der Waals surface area contributed by atoms with Crippen LogP contribution in [0.5, 0.6) is 0 Å². The van der Waals surface area contributed by atoms with Gasteiger partial charge in [-0.1, -0.05) is 58.5 Å². The van der Waals surface area contributed by atoms with Gasteiger partial charge in [0, 0.05) is 16.0 Å². The minimum atomic E-state index is -1.70. The van der Waals surface area contributed by atoms with Crippen LogP contribution in [0.25, 0.3) is 0 Å². The maximum atomic E-state index is 12.6. The Morgan fingerprint density at radius 1 is 1.33 bits per heavy atom. The first-order chi connectivity index (χ1) is 12.5. The van der Waals surface area contributed by atoms with Crippen LogP contribution >= 0.6 is 58.2 Å². The minimum Gasteiger partial charge on any atom is -0.460 e. The number of alkyl halides is 3. The molecule has 2 heterocycles. The molecule has 2 fully saturated rings. The van der Waals surface area contributed by atoms with Crippen molar-refractivity contribution >= 4 is 76.3 Å². The summed E-state index contributed by atoms with van der Waals surface area (Å²) in [5.41, 5.74) is 0.839. The molecule has 2 aliphatic rings. The van der Waals surface area contributed by atoms with Gasteiger partial charge >= 0.3 is 5.97 Å². The van der Waals surface area contributed by atoms with Gasteiger partial charge in [0.25, 0.3) is 5.91 Å². The summed E-state index contributed by atoms with van der Waals surface area (Å²) < 4.78 is 2.86. The molecule has 2 aliphatic heterocycles. The van der Waals surface area contributed by atoms with Crippen LogP contribution < -0.4 is 0 Å². The fourth-order valence-electron chi connectivity index (χ4n) is 3.06. The predicted molar refractivity (Wildman–Crippen MR) is 110 cm³/mol. The summed E-state index contributed by atoms with van der Waals surface area (Å²) in [6, 6.07) is 5.83. The Kier molecular flexibility index (Phi) is 5.96. The van der Waals surface area contributed by atoms with Crippen molar-refractivity contribution in [2.45, 2.75) is 39.8 Å². The molecule has 1 aromatic rings. The van der Waals surface area contributed by atoms with Gasteiger partial charge in [0.2, 0.25) is 3.79 Å². The van der Waals surface area contributed by atoms with Gasteiger partial charge in [-0.15, -0.1) is 11.8 Å². The average Bonchev–Trinajstić information content (AvgIpc) is 2.82. The third-order valence-corrected chi connectivity index (χ3v) is 6.40. The number of esters is 1. The number of halogens is 4. The van der Waals surface area contributed by atoms with Crippen LogP contribution in [-0.4, -0.2) is 55.6 Å². The van der Waals surface area contributed by atoms with Gasteiger partial charge in [0.15, 0.2) is 6.04 Å². The monoisotopic (exact) mass is 468 g/mol. The van der Waals surface area contributed by atoms with Crippen LogP contribution in [0.1, 0.15) is 19.4 Å². The van der Waals surface area contributed by atoms with Gasteiger partial charge in [-0.2, -0.15) is 0 Å². The number of hydrogen-bond donors (Lipinski definition) is 0. The van der Waals surface area contributed by atoms with E-state index < -0.39 is 26.6 Å². The number of hydrogen-bond acceptors (Lipinski definition) is 5. The standard InChI is InChI=1S/C17H16Cl4N2O3S/c1-16(2)12(15(25)26-8-17(19,20)21)23-13(24)11(14(23)27-16)22-7-9-3-5-10(18)6-4-9/h3-7,11-12,14H,8H2,1-2H3/t11-,12+,14-/m1/s1. The molecule has 3 rings (SSSR count). The van der Waals surface area contributed by atoms with Crippen LogP contribution in [0.15, 0.2) is 29.3 Å². The number of rotatable bonds is 4. The highest BCUT2D eigenvalue weighted by Crippen LogP contribution is 2.52. The van der Waals surface area contributed by atoms with Crippen molar-refractivity contribution in [2.24, 2.45) is 4.99 Å². The molecule has 27 heavy (non-hydrogen) atoms. The summed E-state index contributed by atoms with van der Waals surface area (Å²) in [6.45, 7) is 3.38. The van der Waals surface area contributed by atoms with Crippen molar-refractivity contribution < 1.29 is 14.3 Å². The van der Waals surface area contributed by atoms with E-state index in [1.807, 2.05) is 26.0 Å². The summed E-state index contributed by atoms with van der Waals surface area (Å²) in [6.07, 6.45) is 1.64. The van der Waals surface area contributed by atoms with E-state index in [4.69, 9.17) is 51.1 Å². The van der Waals surface area contributed by atoms with Crippen LogP contribution in [0.4, 0.5) is 0 Å². The zero-order chi connectivity index (χ0) is 20.0. The number of carbonyl (C=O) groups excluding carboxylic acids is 2. The van der Waals surface area contributed by atoms with E-state index in [2.05, 4.69) is 4.99 Å². The van der Waals surface area contributed by atoms with Gasteiger partial charge in [0.05, 0.1) is 0 Å². The molecule has 5 nitrogen and oxygen atoms in total. The highest BCUT2D eigenvalue weighted by molar-refractivity contribution is 8.01. The topological polar surface area (TPSA) is 59.0 Å². The van der Waals surface area contributed by atoms with E-state index in [9.17, 15) is 9.59 Å². The Morgan fingerprint density at radius 2 is 1.96 bits per heavy atom. The number of benzene rings is 1. The lowest BCUT2D eigenvalue weighted by Gasteiger charge is -2.41. The molecule has 2 saturated heterocycles. The molecule has 0 radical (unpaired) electrons. The van der Waals surface area contributed by atoms with E-state index in [1.165, 1.54) is 16.7 Å². The van der Waals surface area contributed by atoms with Crippen molar-refractivity contribution in [1.29, 1.82) is 0 Å². The Hall–Kier alpha value is -0.660. The summed E-state index contributed by atoms with van der Waals surface area (Å²) in [5, 5.41) is 0.392. The number of fused-ring (bicyclic) bond motifs is 1. The summed E-state index contributed by atoms with van der Waals surface area (Å²) in [4.78, 5) is 31.0. The van der Waals surface area contributed by atoms with Crippen molar-refractivity contribution in [3.8, 4) is 0 Å². The van der Waals surface area contributed by atoms with Gasteiger partial charge in [-0.25, -0.2) is 4.79 Å². The molecule has 0 aliphatic carbocycles. The lowest BCUT2D eigenvalue weighted by Crippen LogP contribution is -2.65. The van der Waals surface area contributed by atoms with Gasteiger partial charge in [0.1, 0.15) is 18.0 Å². The second kappa shape index (κ2) is 7.64. The lowest BCUT2D eigenvalue weighted by atomic mass is 9.96. The maximum absolute atomic E-state index is 12.6. The van der Waals surface area contributed by atoms with Crippen LogP contribution in [0, 0.1) is 0 Å². The fraction of sp³-hybridized carbons (Fsp3) is 0.471. The maximum Gasteiger partial charge on any atom is 0.330 e. The Bertz CT molecular complexity index is 779. The predicted octanol–water partition coefficient (Wildman–Crippen LogP) is 4.10. The molecule has 1 amide bonds. The van der Waals surface area contributed by atoms with Gasteiger partial charge in [-0.3, -0.25) is 9.79 Å². The molecular weight excluding hydrogens is 454 g/mol. The molecule has 146 valence electrons. The van der Waals surface area contributed by atoms with Gasteiger partial charge in [-0.05, 0) is 31.5 Å². The third kappa shape index (κ3) is 4.51. The number of β-lactam (4-membered cyclic amide) rings is 1. The molecule has 1 aromatic carbocycles. The first-order valence-corrected chi connectivity index (χ1v) is 10.4. The molecule has 10 heteroatoms. The van der Waals surface area contributed by atoms with Crippen molar-refractivity contribution in [3.05, 3.63) is 34.9 Å². The number of carbonyl (C=O) groups is 2. The van der Waals surface area contributed by atoms with E-state index >= 15 is 0 Å². The number of aliphatic imine (C=N–C) groups is 1. The molecule has 0 saturated carbocycles. The highest BCUT2D eigenvalue weighted by Gasteiger charge is 2.64. The molecule has 0 unspecified atom stereocenters. The van der Waals surface area contributed by atoms with E-state index in [-0.39, 0.29) is 17.9 Å². The molecular formula is C17H16Cl4N2O3S. The minimum absolute atomic E-state index is 0.223. The Balaban J connectivity index is 1.71. The Morgan fingerprint density at radius 3 is 2.56 bits per heavy atom. The number of amides is 1. The molecule has 0 spiro atoms. The van der Waals surface area contributed by atoms with Crippen LogP contribution in [0.3, 0.4) is 0 Å². The largest absolute Gasteiger partial charge is 0.460 e. The molecule has 3 atom stereocenters. The molecule has 0 aromatic heterocycles. The Labute approximate surface area is 181 Å². The normalized spacial score (nSPS) is 26.8. The van der Waals surface area contributed by atoms with E-state index in [0.29, 0.717) is 5.02 Å². The smallest absolute Gasteiger partial charge is 0.330 e. The molecule has 0 N–H and O–H groups in total. The second-order valence-electron chi connectivity index (χ2n) is 6.76. The number of nitrogens with zero attached hydrogens (tertiary/aromatic N) is 2. The van der Waals surface area contributed by atoms with Crippen LogP contribution in [-0.2, 0) is 14.3 Å². The SMILES string of the molecule is CC1(C)S[C@@H]2[C@H](N=Cc3ccc(Cl)cc3)C(=O)N2[C@H]1C(=O)OCC(Cl)(Cl)Cl. The zero-order valence-electron chi connectivity index (χ0n) is 14.4. The number of thioether (sulfide) groups is 1. The highest BCUT2D eigenvalue weighted by atomic mass is 35.6. The third-order valence-electron chi connectivity index (χ3n) is 4.27. The van der Waals surface area contributed by atoms with Crippen LogP contribution in [0.2, 0.25) is 5.02 Å². The van der Waals surface area contributed by atoms with E-state index in [1.54, 1.807) is 18.3 Å². The lowest BCUT2D eigenvalue weighted by molar-refractivity contribution is -0.162. The first-order valence-electron chi connectivity index (χ1n) is 8.02. The summed E-state index contributed by atoms with van der Waals surface area (Å²) in [7, 11) is 0. The number of ether oxygens (including phenoxy) is 1. The first kappa shape index (κ1) is 21.1. The second-order valence-corrected chi connectivity index (χ2v) is 11.5. The average molecular weight is 470 g/mol. The van der Waals surface area contributed by atoms with Crippen molar-refractivity contribution in [2.75, 3.05) is 6.61 Å². The van der Waals surface area contributed by atoms with E-state index in [0.717, 1.165) is 5.56 Å². The zero-order valence-corrected chi connectivity index (χ0v) is 18.2.